The Kier molecular flexibility index (Phi) is 14.1. The van der Waals surface area contributed by atoms with Crippen molar-refractivity contribution in [3.8, 4) is 5.75 Å². The maximum absolute atomic E-state index is 13.4. The van der Waals surface area contributed by atoms with Crippen LogP contribution >= 0.6 is 0 Å². The Labute approximate surface area is 253 Å². The number of amides is 3. The van der Waals surface area contributed by atoms with Gasteiger partial charge in [0.15, 0.2) is 5.96 Å². The summed E-state index contributed by atoms with van der Waals surface area (Å²) in [6, 6.07) is 9.34. The fourth-order valence-electron chi connectivity index (χ4n) is 4.14. The lowest BCUT2D eigenvalue weighted by Crippen LogP contribution is -2.57. The molecule has 0 heterocycles. The highest BCUT2D eigenvalue weighted by Crippen LogP contribution is 2.13. The summed E-state index contributed by atoms with van der Waals surface area (Å²) in [6.07, 6.45) is -0.404. The maximum Gasteiger partial charge on any atom is 0.326 e. The van der Waals surface area contributed by atoms with Gasteiger partial charge >= 0.3 is 11.9 Å². The van der Waals surface area contributed by atoms with Crippen molar-refractivity contribution in [2.45, 2.75) is 62.7 Å². The predicted molar refractivity (Wildman–Crippen MR) is 160 cm³/mol. The molecule has 2 aromatic rings. The number of nitrogens with two attached hydrogens (primary N) is 3. The molecule has 0 spiro atoms. The number of hydrogen-bond donors (Lipinski definition) is 9. The van der Waals surface area contributed by atoms with Crippen molar-refractivity contribution in [3.63, 3.8) is 0 Å². The smallest absolute Gasteiger partial charge is 0.326 e. The molecule has 15 heteroatoms. The van der Waals surface area contributed by atoms with E-state index in [2.05, 4.69) is 20.9 Å². The average Bonchev–Trinajstić information content (AvgIpc) is 2.97. The Bertz CT molecular complexity index is 1300. The molecule has 0 saturated heterocycles. The molecule has 4 atom stereocenters. The van der Waals surface area contributed by atoms with Crippen molar-refractivity contribution in [1.82, 2.24) is 16.0 Å². The van der Waals surface area contributed by atoms with Crippen molar-refractivity contribution in [3.05, 3.63) is 65.7 Å². The number of nitrogens with zero attached hydrogens (tertiary/aromatic N) is 1. The molecule has 3 amide bonds. The topological polar surface area (TPSA) is 273 Å². The third kappa shape index (κ3) is 12.8. The van der Waals surface area contributed by atoms with Gasteiger partial charge in [-0.25, -0.2) is 4.79 Å². The van der Waals surface area contributed by atoms with Gasteiger partial charge in [-0.2, -0.15) is 0 Å². The van der Waals surface area contributed by atoms with Crippen LogP contribution in [0.25, 0.3) is 0 Å². The summed E-state index contributed by atoms with van der Waals surface area (Å²) >= 11 is 0. The zero-order valence-electron chi connectivity index (χ0n) is 24.0. The Balaban J connectivity index is 2.23. The maximum atomic E-state index is 13.4. The van der Waals surface area contributed by atoms with Gasteiger partial charge < -0.3 is 48.5 Å². The number of phenols is 1. The number of carbonyl (C=O) groups excluding carboxylic acids is 3. The molecule has 0 aromatic heterocycles. The van der Waals surface area contributed by atoms with E-state index in [1.165, 1.54) is 24.3 Å². The Morgan fingerprint density at radius 1 is 0.727 bits per heavy atom. The number of aromatic hydroxyl groups is 1. The number of benzene rings is 2. The normalized spacial score (nSPS) is 13.4. The van der Waals surface area contributed by atoms with Gasteiger partial charge in [0.2, 0.25) is 17.7 Å². The number of carbonyl (C=O) groups is 5. The summed E-state index contributed by atoms with van der Waals surface area (Å²) in [4.78, 5) is 66.6. The average molecular weight is 614 g/mol. The molecule has 0 bridgehead atoms. The van der Waals surface area contributed by atoms with E-state index in [0.717, 1.165) is 0 Å². The van der Waals surface area contributed by atoms with Crippen molar-refractivity contribution in [2.75, 3.05) is 6.54 Å². The molecule has 0 aliphatic carbocycles. The number of aliphatic imine (C=N–C) groups is 1. The van der Waals surface area contributed by atoms with Gasteiger partial charge in [0.1, 0.15) is 23.9 Å². The zero-order valence-corrected chi connectivity index (χ0v) is 24.0. The van der Waals surface area contributed by atoms with Crippen molar-refractivity contribution in [2.24, 2.45) is 22.2 Å². The lowest BCUT2D eigenvalue weighted by atomic mass is 10.0. The monoisotopic (exact) mass is 613 g/mol. The second kappa shape index (κ2) is 17.7. The van der Waals surface area contributed by atoms with Crippen LogP contribution in [0.5, 0.6) is 5.75 Å². The molecule has 238 valence electrons. The summed E-state index contributed by atoms with van der Waals surface area (Å²) in [5.41, 5.74) is 17.7. The Morgan fingerprint density at radius 2 is 1.27 bits per heavy atom. The number of rotatable bonds is 18. The molecular weight excluding hydrogens is 574 g/mol. The predicted octanol–water partition coefficient (Wildman–Crippen LogP) is -1.04. The van der Waals surface area contributed by atoms with Gasteiger partial charge in [0.25, 0.3) is 0 Å². The summed E-state index contributed by atoms with van der Waals surface area (Å²) in [7, 11) is 0. The number of aliphatic carboxylic acids is 2. The number of phenolic OH excluding ortho intramolecular Hbond substituents is 1. The van der Waals surface area contributed by atoms with Crippen LogP contribution in [0.4, 0.5) is 0 Å². The number of guanidine groups is 1. The van der Waals surface area contributed by atoms with Crippen LogP contribution in [-0.2, 0) is 36.8 Å². The quantitative estimate of drug-likeness (QED) is 0.0556. The molecular formula is C29H39N7O8. The van der Waals surface area contributed by atoms with Gasteiger partial charge in [0.05, 0.1) is 6.04 Å². The minimum Gasteiger partial charge on any atom is -0.508 e. The van der Waals surface area contributed by atoms with Crippen LogP contribution in [0.2, 0.25) is 0 Å². The van der Waals surface area contributed by atoms with Crippen molar-refractivity contribution < 1.29 is 39.3 Å². The van der Waals surface area contributed by atoms with Crippen LogP contribution in [0.1, 0.15) is 36.8 Å². The van der Waals surface area contributed by atoms with Gasteiger partial charge in [-0.05, 0) is 42.5 Å². The minimum atomic E-state index is -1.38. The van der Waals surface area contributed by atoms with E-state index in [-0.39, 0.29) is 43.9 Å². The molecule has 12 N–H and O–H groups in total. The lowest BCUT2D eigenvalue weighted by molar-refractivity contribution is -0.142. The lowest BCUT2D eigenvalue weighted by Gasteiger charge is -2.25. The summed E-state index contributed by atoms with van der Waals surface area (Å²) in [5.74, 6) is -5.09. The second-order valence-corrected chi connectivity index (χ2v) is 10.1. The Morgan fingerprint density at radius 3 is 1.86 bits per heavy atom. The van der Waals surface area contributed by atoms with Crippen LogP contribution in [0, 0.1) is 0 Å². The molecule has 15 nitrogen and oxygen atoms in total. The molecule has 0 radical (unpaired) electrons. The van der Waals surface area contributed by atoms with Crippen LogP contribution in [0.3, 0.4) is 0 Å². The first kappa shape index (κ1) is 35.0. The SMILES string of the molecule is NC(N)=NCCCC(N)C(=O)NC(CCC(=O)O)C(=O)NC(Cc1ccc(O)cc1)C(=O)NC(Cc1ccccc1)C(=O)O. The van der Waals surface area contributed by atoms with E-state index in [4.69, 9.17) is 17.2 Å². The van der Waals surface area contributed by atoms with E-state index in [1.807, 2.05) is 0 Å². The summed E-state index contributed by atoms with van der Waals surface area (Å²) in [5, 5.41) is 36.0. The highest BCUT2D eigenvalue weighted by atomic mass is 16.4. The Hall–Kier alpha value is -5.18. The fourth-order valence-corrected chi connectivity index (χ4v) is 4.14. The summed E-state index contributed by atoms with van der Waals surface area (Å²) in [6.45, 7) is 0.224. The van der Waals surface area contributed by atoms with E-state index in [9.17, 15) is 39.3 Å². The number of nitrogens with one attached hydrogen (secondary N) is 3. The van der Waals surface area contributed by atoms with E-state index < -0.39 is 60.2 Å². The van der Waals surface area contributed by atoms with Crippen LogP contribution in [0.15, 0.2) is 59.6 Å². The third-order valence-electron chi connectivity index (χ3n) is 6.49. The zero-order chi connectivity index (χ0) is 32.6. The number of carboxylic acids is 2. The first-order valence-electron chi connectivity index (χ1n) is 13.8. The van der Waals surface area contributed by atoms with Gasteiger partial charge in [-0.1, -0.05) is 42.5 Å². The highest BCUT2D eigenvalue weighted by molar-refractivity contribution is 5.94. The van der Waals surface area contributed by atoms with Gasteiger partial charge in [0, 0.05) is 25.8 Å². The highest BCUT2D eigenvalue weighted by Gasteiger charge is 2.31. The minimum absolute atomic E-state index is 0.0276. The molecule has 0 aliphatic rings. The van der Waals surface area contributed by atoms with Crippen LogP contribution in [-0.4, -0.2) is 81.7 Å². The van der Waals surface area contributed by atoms with Crippen LogP contribution < -0.4 is 33.2 Å². The van der Waals surface area contributed by atoms with Gasteiger partial charge in [-0.15, -0.1) is 0 Å². The standard InChI is InChI=1S/C29H39N7O8/c30-20(7-4-14-33-29(31)32)25(40)34-21(12-13-24(38)39)26(41)35-22(15-18-8-10-19(37)11-9-18)27(42)36-23(28(43)44)16-17-5-2-1-3-6-17/h1-3,5-6,8-11,20-23,37H,4,7,12-16,30H2,(H,34,40)(H,35,41)(H,36,42)(H,38,39)(H,43,44)(H4,31,32,33). The van der Waals surface area contributed by atoms with E-state index in [1.54, 1.807) is 30.3 Å². The first-order chi connectivity index (χ1) is 20.8. The molecule has 0 fully saturated rings. The largest absolute Gasteiger partial charge is 0.508 e. The number of hydrogen-bond acceptors (Lipinski definition) is 8. The molecule has 0 aliphatic heterocycles. The van der Waals surface area contributed by atoms with Crippen molar-refractivity contribution in [1.29, 1.82) is 0 Å². The molecule has 2 aromatic carbocycles. The molecule has 44 heavy (non-hydrogen) atoms. The number of carboxylic acid groups (broad SMARTS) is 2. The van der Waals surface area contributed by atoms with Gasteiger partial charge in [-0.3, -0.25) is 24.2 Å². The molecule has 0 saturated carbocycles. The van der Waals surface area contributed by atoms with Crippen molar-refractivity contribution >= 4 is 35.6 Å². The van der Waals surface area contributed by atoms with E-state index in [0.29, 0.717) is 17.5 Å². The van der Waals surface area contributed by atoms with E-state index >= 15 is 0 Å². The molecule has 4 unspecified atom stereocenters. The fraction of sp³-hybridized carbons (Fsp3) is 0.379. The summed E-state index contributed by atoms with van der Waals surface area (Å²) < 4.78 is 0. The third-order valence-corrected chi connectivity index (χ3v) is 6.49. The first-order valence-corrected chi connectivity index (χ1v) is 13.8. The molecule has 2 rings (SSSR count). The second-order valence-electron chi connectivity index (χ2n) is 10.1.